The molecule has 7 heteroatoms. The molecule has 0 aliphatic carbocycles. The predicted octanol–water partition coefficient (Wildman–Crippen LogP) is 1.58. The third-order valence-corrected chi connectivity index (χ3v) is 3.17. The van der Waals surface area contributed by atoms with Gasteiger partial charge in [-0.1, -0.05) is 0 Å². The van der Waals surface area contributed by atoms with Gasteiger partial charge >= 0.3 is 6.03 Å². The van der Waals surface area contributed by atoms with Crippen LogP contribution in [0.2, 0.25) is 0 Å². The number of benzene rings is 1. The van der Waals surface area contributed by atoms with Gasteiger partial charge in [0.25, 0.3) is 5.91 Å². The zero-order chi connectivity index (χ0) is 15.9. The average Bonchev–Trinajstić information content (AvgIpc) is 3.00. The van der Waals surface area contributed by atoms with E-state index in [1.54, 1.807) is 37.5 Å². The van der Waals surface area contributed by atoms with Gasteiger partial charge in [0.15, 0.2) is 0 Å². The average molecular weight is 301 g/mol. The number of aryl methyl sites for hydroxylation is 1. The van der Waals surface area contributed by atoms with Crippen molar-refractivity contribution in [1.29, 1.82) is 0 Å². The number of urea groups is 1. The molecule has 0 atom stereocenters. The van der Waals surface area contributed by atoms with Crippen LogP contribution in [0.4, 0.5) is 10.5 Å². The Balaban J connectivity index is 1.88. The maximum atomic E-state index is 11.9. The van der Waals surface area contributed by atoms with Gasteiger partial charge in [0, 0.05) is 31.0 Å². The third kappa shape index (κ3) is 3.85. The van der Waals surface area contributed by atoms with E-state index in [4.69, 9.17) is 0 Å². The molecule has 0 saturated carbocycles. The zero-order valence-electron chi connectivity index (χ0n) is 12.6. The van der Waals surface area contributed by atoms with Gasteiger partial charge in [0.2, 0.25) is 0 Å². The first-order valence-electron chi connectivity index (χ1n) is 7.01. The number of carbonyl (C=O) groups is 2. The van der Waals surface area contributed by atoms with Gasteiger partial charge in [-0.2, -0.15) is 5.10 Å². The second kappa shape index (κ2) is 7.26. The van der Waals surface area contributed by atoms with Crippen LogP contribution in [0.15, 0.2) is 36.5 Å². The SMILES string of the molecule is CCn1nccc1CNC(=O)Nc1ccc(C(=O)NC)cc1. The lowest BCUT2D eigenvalue weighted by atomic mass is 10.2. The second-order valence-corrected chi connectivity index (χ2v) is 4.60. The second-order valence-electron chi connectivity index (χ2n) is 4.60. The van der Waals surface area contributed by atoms with Gasteiger partial charge in [-0.25, -0.2) is 4.79 Å². The molecule has 0 radical (unpaired) electrons. The van der Waals surface area contributed by atoms with Crippen LogP contribution < -0.4 is 16.0 Å². The van der Waals surface area contributed by atoms with E-state index in [1.165, 1.54) is 0 Å². The van der Waals surface area contributed by atoms with Crippen molar-refractivity contribution in [3.05, 3.63) is 47.8 Å². The lowest BCUT2D eigenvalue weighted by Gasteiger charge is -2.09. The fraction of sp³-hybridized carbons (Fsp3) is 0.267. The van der Waals surface area contributed by atoms with E-state index >= 15 is 0 Å². The highest BCUT2D eigenvalue weighted by molar-refractivity contribution is 5.95. The summed E-state index contributed by atoms with van der Waals surface area (Å²) in [5, 5.41) is 12.2. The molecular formula is C15H19N5O2. The minimum atomic E-state index is -0.309. The fourth-order valence-corrected chi connectivity index (χ4v) is 1.99. The summed E-state index contributed by atoms with van der Waals surface area (Å²) in [7, 11) is 1.57. The molecule has 0 fully saturated rings. The van der Waals surface area contributed by atoms with Crippen LogP contribution >= 0.6 is 0 Å². The number of nitrogens with one attached hydrogen (secondary N) is 3. The molecule has 22 heavy (non-hydrogen) atoms. The van der Waals surface area contributed by atoms with E-state index in [0.29, 0.717) is 17.8 Å². The zero-order valence-corrected chi connectivity index (χ0v) is 12.6. The van der Waals surface area contributed by atoms with Crippen LogP contribution in [-0.2, 0) is 13.1 Å². The van der Waals surface area contributed by atoms with Gasteiger partial charge in [-0.05, 0) is 37.3 Å². The molecule has 3 amide bonds. The van der Waals surface area contributed by atoms with Crippen LogP contribution in [0, 0.1) is 0 Å². The van der Waals surface area contributed by atoms with Crippen molar-refractivity contribution < 1.29 is 9.59 Å². The molecular weight excluding hydrogens is 282 g/mol. The van der Waals surface area contributed by atoms with Crippen LogP contribution in [-0.4, -0.2) is 28.8 Å². The van der Waals surface area contributed by atoms with Crippen molar-refractivity contribution in [2.75, 3.05) is 12.4 Å². The monoisotopic (exact) mass is 301 g/mol. The number of hydrogen-bond acceptors (Lipinski definition) is 3. The lowest BCUT2D eigenvalue weighted by molar-refractivity contribution is 0.0963. The highest BCUT2D eigenvalue weighted by Crippen LogP contribution is 2.09. The Morgan fingerprint density at radius 1 is 1.18 bits per heavy atom. The molecule has 7 nitrogen and oxygen atoms in total. The number of anilines is 1. The van der Waals surface area contributed by atoms with Gasteiger partial charge in [0.05, 0.1) is 12.2 Å². The molecule has 2 aromatic rings. The number of amides is 3. The predicted molar refractivity (Wildman–Crippen MR) is 83.6 cm³/mol. The first-order valence-corrected chi connectivity index (χ1v) is 7.01. The van der Waals surface area contributed by atoms with Crippen molar-refractivity contribution in [2.45, 2.75) is 20.0 Å². The van der Waals surface area contributed by atoms with Gasteiger partial charge in [-0.15, -0.1) is 0 Å². The maximum absolute atomic E-state index is 11.9. The number of rotatable bonds is 5. The summed E-state index contributed by atoms with van der Waals surface area (Å²) < 4.78 is 1.82. The molecule has 1 aromatic carbocycles. The van der Waals surface area contributed by atoms with Crippen molar-refractivity contribution in [3.8, 4) is 0 Å². The van der Waals surface area contributed by atoms with Gasteiger partial charge < -0.3 is 16.0 Å². The minimum absolute atomic E-state index is 0.163. The molecule has 0 bridgehead atoms. The lowest BCUT2D eigenvalue weighted by Crippen LogP contribution is -2.29. The Morgan fingerprint density at radius 3 is 2.55 bits per heavy atom. The Bertz CT molecular complexity index is 648. The molecule has 1 aromatic heterocycles. The standard InChI is InChI=1S/C15H19N5O2/c1-3-20-13(8-9-18-20)10-17-15(22)19-12-6-4-11(5-7-12)14(21)16-2/h4-9H,3,10H2,1-2H3,(H,16,21)(H2,17,19,22). The molecule has 0 aliphatic heterocycles. The van der Waals surface area contributed by atoms with Crippen LogP contribution in [0.5, 0.6) is 0 Å². The molecule has 0 spiro atoms. The molecule has 0 unspecified atom stereocenters. The molecule has 3 N–H and O–H groups in total. The Hall–Kier alpha value is -2.83. The van der Waals surface area contributed by atoms with Crippen LogP contribution in [0.25, 0.3) is 0 Å². The van der Waals surface area contributed by atoms with Crippen molar-refractivity contribution >= 4 is 17.6 Å². The molecule has 0 aliphatic rings. The van der Waals surface area contributed by atoms with Crippen molar-refractivity contribution in [1.82, 2.24) is 20.4 Å². The quantitative estimate of drug-likeness (QED) is 0.783. The fourth-order valence-electron chi connectivity index (χ4n) is 1.99. The summed E-state index contributed by atoms with van der Waals surface area (Å²) in [6, 6.07) is 8.22. The molecule has 2 rings (SSSR count). The van der Waals surface area contributed by atoms with E-state index < -0.39 is 0 Å². The van der Waals surface area contributed by atoms with E-state index in [0.717, 1.165) is 12.2 Å². The van der Waals surface area contributed by atoms with E-state index in [-0.39, 0.29) is 11.9 Å². The molecule has 1 heterocycles. The number of nitrogens with zero attached hydrogens (tertiary/aromatic N) is 2. The highest BCUT2D eigenvalue weighted by Gasteiger charge is 2.06. The summed E-state index contributed by atoms with van der Waals surface area (Å²) in [6.07, 6.45) is 1.70. The first-order chi connectivity index (χ1) is 10.6. The van der Waals surface area contributed by atoms with E-state index in [9.17, 15) is 9.59 Å². The number of aromatic nitrogens is 2. The Morgan fingerprint density at radius 2 is 1.91 bits per heavy atom. The smallest absolute Gasteiger partial charge is 0.319 e. The van der Waals surface area contributed by atoms with Crippen molar-refractivity contribution in [2.24, 2.45) is 0 Å². The number of hydrogen-bond donors (Lipinski definition) is 3. The maximum Gasteiger partial charge on any atom is 0.319 e. The number of carbonyl (C=O) groups excluding carboxylic acids is 2. The molecule has 116 valence electrons. The first kappa shape index (κ1) is 15.6. The van der Waals surface area contributed by atoms with E-state index in [1.807, 2.05) is 17.7 Å². The summed E-state index contributed by atoms with van der Waals surface area (Å²) in [4.78, 5) is 23.3. The summed E-state index contributed by atoms with van der Waals surface area (Å²) >= 11 is 0. The Kier molecular flexibility index (Phi) is 5.13. The Labute approximate surface area is 128 Å². The normalized spacial score (nSPS) is 10.1. The third-order valence-electron chi connectivity index (χ3n) is 3.17. The van der Waals surface area contributed by atoms with Gasteiger partial charge in [-0.3, -0.25) is 9.48 Å². The summed E-state index contributed by atoms with van der Waals surface area (Å²) in [5.74, 6) is -0.163. The summed E-state index contributed by atoms with van der Waals surface area (Å²) in [5.41, 5.74) is 2.10. The molecule has 0 saturated heterocycles. The van der Waals surface area contributed by atoms with Crippen LogP contribution in [0.1, 0.15) is 23.0 Å². The minimum Gasteiger partial charge on any atom is -0.355 e. The topological polar surface area (TPSA) is 88.1 Å². The van der Waals surface area contributed by atoms with E-state index in [2.05, 4.69) is 21.0 Å². The summed E-state index contributed by atoms with van der Waals surface area (Å²) in [6.45, 7) is 3.15. The van der Waals surface area contributed by atoms with Crippen molar-refractivity contribution in [3.63, 3.8) is 0 Å². The highest BCUT2D eigenvalue weighted by atomic mass is 16.2. The van der Waals surface area contributed by atoms with Gasteiger partial charge in [0.1, 0.15) is 0 Å². The van der Waals surface area contributed by atoms with Crippen LogP contribution in [0.3, 0.4) is 0 Å². The largest absolute Gasteiger partial charge is 0.355 e.